The third kappa shape index (κ3) is 5.72. The van der Waals surface area contributed by atoms with E-state index in [4.69, 9.17) is 14.2 Å². The van der Waals surface area contributed by atoms with Crippen LogP contribution in [0.25, 0.3) is 0 Å². The van der Waals surface area contributed by atoms with Gasteiger partial charge in [0.15, 0.2) is 5.78 Å². The fraction of sp³-hybridized carbons (Fsp3) is 0.300. The van der Waals surface area contributed by atoms with Gasteiger partial charge in [0.2, 0.25) is 0 Å². The number of aliphatic hydroxyl groups is 1. The molecule has 2 aromatic rings. The molecule has 0 spiro atoms. The van der Waals surface area contributed by atoms with E-state index < -0.39 is 12.1 Å². The van der Waals surface area contributed by atoms with Gasteiger partial charge in [0, 0.05) is 0 Å². The number of Topliss-reactive ketones (excluding diaryl/α,β-unsaturated/α-hetero) is 1. The summed E-state index contributed by atoms with van der Waals surface area (Å²) in [6.45, 7) is 3.18. The second-order valence-electron chi connectivity index (χ2n) is 5.73. The van der Waals surface area contributed by atoms with Crippen molar-refractivity contribution in [1.29, 1.82) is 0 Å². The molecule has 7 heteroatoms. The van der Waals surface area contributed by atoms with Crippen LogP contribution in [0.15, 0.2) is 42.5 Å². The topological polar surface area (TPSA) is 102 Å². The number of hydrogen-bond acceptors (Lipinski definition) is 7. The van der Waals surface area contributed by atoms with Crippen molar-refractivity contribution < 1.29 is 34.0 Å². The van der Waals surface area contributed by atoms with E-state index in [1.807, 2.05) is 0 Å². The molecule has 144 valence electrons. The fourth-order valence-corrected chi connectivity index (χ4v) is 2.32. The number of aliphatic hydroxyl groups excluding tert-OH is 1. The lowest BCUT2D eigenvalue weighted by Gasteiger charge is -2.15. The summed E-state index contributed by atoms with van der Waals surface area (Å²) in [5.41, 5.74) is 0.480. The Labute approximate surface area is 157 Å². The first kappa shape index (κ1) is 20.3. The monoisotopic (exact) mass is 374 g/mol. The minimum Gasteiger partial charge on any atom is -0.507 e. The molecule has 0 saturated carbocycles. The number of aromatic hydroxyl groups is 1. The van der Waals surface area contributed by atoms with Gasteiger partial charge in [-0.15, -0.1) is 0 Å². The summed E-state index contributed by atoms with van der Waals surface area (Å²) >= 11 is 0. The Balaban J connectivity index is 1.87. The van der Waals surface area contributed by atoms with E-state index >= 15 is 0 Å². The molecule has 0 amide bonds. The summed E-state index contributed by atoms with van der Waals surface area (Å²) in [5.74, 6) is -0.253. The molecular formula is C20H22O7. The second kappa shape index (κ2) is 9.59. The van der Waals surface area contributed by atoms with Gasteiger partial charge in [0.05, 0.1) is 12.2 Å². The minimum absolute atomic E-state index is 0.0486. The smallest absolute Gasteiger partial charge is 0.338 e. The van der Waals surface area contributed by atoms with Gasteiger partial charge in [0.1, 0.15) is 42.1 Å². The zero-order valence-corrected chi connectivity index (χ0v) is 15.2. The van der Waals surface area contributed by atoms with Crippen LogP contribution in [0, 0.1) is 0 Å². The predicted octanol–water partition coefficient (Wildman–Crippen LogP) is 2.59. The zero-order chi connectivity index (χ0) is 19.8. The molecule has 0 bridgehead atoms. The highest BCUT2D eigenvalue weighted by Crippen LogP contribution is 2.28. The molecule has 0 saturated heterocycles. The van der Waals surface area contributed by atoms with Gasteiger partial charge in [-0.2, -0.15) is 0 Å². The first-order valence-corrected chi connectivity index (χ1v) is 8.46. The number of esters is 1. The molecule has 0 aromatic heterocycles. The van der Waals surface area contributed by atoms with Gasteiger partial charge in [-0.1, -0.05) is 6.07 Å². The molecule has 2 aromatic carbocycles. The van der Waals surface area contributed by atoms with Crippen LogP contribution >= 0.6 is 0 Å². The molecule has 1 unspecified atom stereocenters. The van der Waals surface area contributed by atoms with Gasteiger partial charge in [-0.25, -0.2) is 4.79 Å². The van der Waals surface area contributed by atoms with E-state index in [9.17, 15) is 19.8 Å². The number of benzene rings is 2. The van der Waals surface area contributed by atoms with E-state index in [0.29, 0.717) is 17.9 Å². The van der Waals surface area contributed by atoms with Crippen LogP contribution in [-0.2, 0) is 4.74 Å². The lowest BCUT2D eigenvalue weighted by atomic mass is 10.1. The molecule has 0 aliphatic carbocycles. The van der Waals surface area contributed by atoms with Gasteiger partial charge < -0.3 is 24.4 Å². The van der Waals surface area contributed by atoms with Crippen LogP contribution in [0.3, 0.4) is 0 Å². The fourth-order valence-electron chi connectivity index (χ4n) is 2.32. The highest BCUT2D eigenvalue weighted by Gasteiger charge is 2.15. The molecule has 27 heavy (non-hydrogen) atoms. The van der Waals surface area contributed by atoms with Crippen molar-refractivity contribution in [1.82, 2.24) is 0 Å². The molecular weight excluding hydrogens is 352 g/mol. The van der Waals surface area contributed by atoms with Crippen molar-refractivity contribution in [2.24, 2.45) is 0 Å². The van der Waals surface area contributed by atoms with E-state index in [2.05, 4.69) is 0 Å². The normalized spacial score (nSPS) is 11.5. The Bertz CT molecular complexity index is 783. The van der Waals surface area contributed by atoms with E-state index in [1.54, 1.807) is 37.3 Å². The summed E-state index contributed by atoms with van der Waals surface area (Å²) in [5, 5.41) is 19.8. The van der Waals surface area contributed by atoms with Crippen molar-refractivity contribution in [2.75, 3.05) is 19.8 Å². The summed E-state index contributed by atoms with van der Waals surface area (Å²) in [4.78, 5) is 23.2. The number of carbonyl (C=O) groups is 2. The molecule has 2 N–H and O–H groups in total. The number of phenolic OH excluding ortho intramolecular Hbond substituents is 1. The SMILES string of the molecule is CCOC(=O)c1ccc(OCC(O)COc2cccc(O)c2C(C)=O)cc1. The van der Waals surface area contributed by atoms with Crippen molar-refractivity contribution in [3.63, 3.8) is 0 Å². The Morgan fingerprint density at radius 2 is 1.70 bits per heavy atom. The first-order valence-electron chi connectivity index (χ1n) is 8.46. The summed E-state index contributed by atoms with van der Waals surface area (Å²) in [6, 6.07) is 10.8. The zero-order valence-electron chi connectivity index (χ0n) is 15.2. The van der Waals surface area contributed by atoms with Crippen molar-refractivity contribution in [2.45, 2.75) is 20.0 Å². The largest absolute Gasteiger partial charge is 0.507 e. The number of rotatable bonds is 9. The molecule has 1 atom stereocenters. The van der Waals surface area contributed by atoms with Gasteiger partial charge in [-0.3, -0.25) is 4.79 Å². The molecule has 0 heterocycles. The maximum absolute atomic E-state index is 11.6. The Morgan fingerprint density at radius 3 is 2.33 bits per heavy atom. The number of phenols is 1. The lowest BCUT2D eigenvalue weighted by Crippen LogP contribution is -2.25. The van der Waals surface area contributed by atoms with Crippen LogP contribution in [0.2, 0.25) is 0 Å². The third-order valence-corrected chi connectivity index (χ3v) is 3.60. The van der Waals surface area contributed by atoms with E-state index in [-0.39, 0.29) is 36.1 Å². The molecule has 0 aliphatic heterocycles. The molecule has 7 nitrogen and oxygen atoms in total. The molecule has 0 fully saturated rings. The van der Waals surface area contributed by atoms with Crippen LogP contribution < -0.4 is 9.47 Å². The third-order valence-electron chi connectivity index (χ3n) is 3.60. The number of ether oxygens (including phenoxy) is 3. The molecule has 0 aliphatic rings. The Morgan fingerprint density at radius 1 is 1.04 bits per heavy atom. The standard InChI is InChI=1S/C20H22O7/c1-3-25-20(24)14-7-9-16(10-8-14)26-11-15(22)12-27-18-6-4-5-17(23)19(18)13(2)21/h4-10,15,22-23H,3,11-12H2,1-2H3. The number of hydrogen-bond donors (Lipinski definition) is 2. The quantitative estimate of drug-likeness (QED) is 0.514. The van der Waals surface area contributed by atoms with Crippen molar-refractivity contribution >= 4 is 11.8 Å². The maximum atomic E-state index is 11.6. The summed E-state index contributed by atoms with van der Waals surface area (Å²) in [7, 11) is 0. The highest BCUT2D eigenvalue weighted by atomic mass is 16.5. The van der Waals surface area contributed by atoms with Crippen LogP contribution in [-0.4, -0.2) is 47.9 Å². The second-order valence-corrected chi connectivity index (χ2v) is 5.73. The average Bonchev–Trinajstić information content (AvgIpc) is 2.65. The van der Waals surface area contributed by atoms with Crippen molar-refractivity contribution in [3.8, 4) is 17.2 Å². The van der Waals surface area contributed by atoms with Crippen molar-refractivity contribution in [3.05, 3.63) is 53.6 Å². The predicted molar refractivity (Wildman–Crippen MR) is 97.5 cm³/mol. The van der Waals surface area contributed by atoms with Gasteiger partial charge in [0.25, 0.3) is 0 Å². The van der Waals surface area contributed by atoms with Crippen LogP contribution in [0.4, 0.5) is 0 Å². The number of ketones is 1. The van der Waals surface area contributed by atoms with Gasteiger partial charge >= 0.3 is 5.97 Å². The van der Waals surface area contributed by atoms with Crippen LogP contribution in [0.5, 0.6) is 17.2 Å². The molecule has 2 rings (SSSR count). The summed E-state index contributed by atoms with van der Waals surface area (Å²) in [6.07, 6.45) is -0.961. The minimum atomic E-state index is -0.961. The van der Waals surface area contributed by atoms with Gasteiger partial charge in [-0.05, 0) is 50.2 Å². The van der Waals surface area contributed by atoms with E-state index in [1.165, 1.54) is 19.1 Å². The first-order chi connectivity index (χ1) is 12.9. The number of carbonyl (C=O) groups excluding carboxylic acids is 2. The Kier molecular flexibility index (Phi) is 7.19. The average molecular weight is 374 g/mol. The van der Waals surface area contributed by atoms with Crippen LogP contribution in [0.1, 0.15) is 34.6 Å². The lowest BCUT2D eigenvalue weighted by molar-refractivity contribution is 0.0525. The summed E-state index contributed by atoms with van der Waals surface area (Å²) < 4.78 is 15.8. The Hall–Kier alpha value is -3.06. The molecule has 0 radical (unpaired) electrons. The van der Waals surface area contributed by atoms with E-state index in [0.717, 1.165) is 0 Å². The maximum Gasteiger partial charge on any atom is 0.338 e. The highest BCUT2D eigenvalue weighted by molar-refractivity contribution is 5.99.